The monoisotopic (exact) mass is 225 g/mol. The van der Waals surface area contributed by atoms with Crippen molar-refractivity contribution >= 4 is 0 Å². The van der Waals surface area contributed by atoms with Crippen molar-refractivity contribution in [3.8, 4) is 5.88 Å². The Balaban J connectivity index is 2.59. The number of ether oxygens (including phenoxy) is 2. The minimum atomic E-state index is -0.0493. The summed E-state index contributed by atoms with van der Waals surface area (Å²) in [5.41, 5.74) is 6.71. The van der Waals surface area contributed by atoms with Crippen molar-refractivity contribution in [2.45, 2.75) is 32.4 Å². The molecule has 1 atom stereocenters. The number of rotatable bonds is 6. The fraction of sp³-hybridized carbons (Fsp3) is 0.636. The summed E-state index contributed by atoms with van der Waals surface area (Å²) in [5.74, 6) is 0.588. The summed E-state index contributed by atoms with van der Waals surface area (Å²) in [4.78, 5) is 8.17. The fourth-order valence-electron chi connectivity index (χ4n) is 1.34. The largest absolute Gasteiger partial charge is 0.475 e. The van der Waals surface area contributed by atoms with Gasteiger partial charge in [-0.25, -0.2) is 9.97 Å². The lowest BCUT2D eigenvalue weighted by molar-refractivity contribution is 0.179. The zero-order valence-corrected chi connectivity index (χ0v) is 10.0. The Morgan fingerprint density at radius 2 is 2.12 bits per heavy atom. The third kappa shape index (κ3) is 4.55. The molecule has 0 amide bonds. The topological polar surface area (TPSA) is 70.3 Å². The lowest BCUT2D eigenvalue weighted by atomic mass is 10.2. The smallest absolute Gasteiger partial charge is 0.216 e. The summed E-state index contributed by atoms with van der Waals surface area (Å²) in [7, 11) is 1.63. The molecular formula is C11H19N3O2. The number of aromatic nitrogens is 2. The second kappa shape index (κ2) is 6.40. The maximum atomic E-state index is 5.84. The van der Waals surface area contributed by atoms with E-state index in [-0.39, 0.29) is 12.1 Å². The standard InChI is InChI=1S/C11H19N3O2/c1-8(2)16-11-5-10(13-7-14-11)4-9(12)6-15-3/h5,7-9H,4,6,12H2,1-3H3. The maximum absolute atomic E-state index is 5.84. The van der Waals surface area contributed by atoms with Gasteiger partial charge < -0.3 is 15.2 Å². The molecule has 0 aliphatic rings. The van der Waals surface area contributed by atoms with Gasteiger partial charge in [-0.1, -0.05) is 0 Å². The Bertz CT molecular complexity index is 318. The highest BCUT2D eigenvalue weighted by Crippen LogP contribution is 2.10. The summed E-state index contributed by atoms with van der Waals surface area (Å²) in [6.45, 7) is 4.43. The molecule has 0 fully saturated rings. The van der Waals surface area contributed by atoms with Crippen LogP contribution in [0.5, 0.6) is 5.88 Å². The predicted octanol–water partition coefficient (Wildman–Crippen LogP) is 0.780. The quantitative estimate of drug-likeness (QED) is 0.774. The van der Waals surface area contributed by atoms with Gasteiger partial charge in [0.1, 0.15) is 6.33 Å². The van der Waals surface area contributed by atoms with E-state index in [2.05, 4.69) is 9.97 Å². The van der Waals surface area contributed by atoms with E-state index in [1.165, 1.54) is 6.33 Å². The van der Waals surface area contributed by atoms with E-state index in [4.69, 9.17) is 15.2 Å². The first kappa shape index (κ1) is 12.9. The second-order valence-corrected chi connectivity index (χ2v) is 3.93. The van der Waals surface area contributed by atoms with Gasteiger partial charge in [0.25, 0.3) is 0 Å². The highest BCUT2D eigenvalue weighted by molar-refractivity contribution is 5.14. The zero-order valence-electron chi connectivity index (χ0n) is 10.0. The van der Waals surface area contributed by atoms with Gasteiger partial charge in [-0.15, -0.1) is 0 Å². The van der Waals surface area contributed by atoms with Crippen LogP contribution in [-0.2, 0) is 11.2 Å². The summed E-state index contributed by atoms with van der Waals surface area (Å²) >= 11 is 0. The molecule has 1 aromatic heterocycles. The Morgan fingerprint density at radius 3 is 2.75 bits per heavy atom. The fourth-order valence-corrected chi connectivity index (χ4v) is 1.34. The average Bonchev–Trinajstić information content (AvgIpc) is 2.17. The van der Waals surface area contributed by atoms with Crippen molar-refractivity contribution < 1.29 is 9.47 Å². The lowest BCUT2D eigenvalue weighted by Crippen LogP contribution is -2.28. The highest BCUT2D eigenvalue weighted by atomic mass is 16.5. The normalized spacial score (nSPS) is 12.8. The van der Waals surface area contributed by atoms with Crippen molar-refractivity contribution in [3.05, 3.63) is 18.1 Å². The molecule has 0 saturated carbocycles. The van der Waals surface area contributed by atoms with Crippen LogP contribution < -0.4 is 10.5 Å². The summed E-state index contributed by atoms with van der Waals surface area (Å²) in [5, 5.41) is 0. The highest BCUT2D eigenvalue weighted by Gasteiger charge is 2.07. The number of hydrogen-bond acceptors (Lipinski definition) is 5. The Kier molecular flexibility index (Phi) is 5.14. The van der Waals surface area contributed by atoms with Gasteiger partial charge in [-0.2, -0.15) is 0 Å². The Morgan fingerprint density at radius 1 is 1.38 bits per heavy atom. The number of nitrogens with two attached hydrogens (primary N) is 1. The van der Waals surface area contributed by atoms with Crippen LogP contribution >= 0.6 is 0 Å². The molecule has 90 valence electrons. The number of hydrogen-bond donors (Lipinski definition) is 1. The van der Waals surface area contributed by atoms with Gasteiger partial charge in [0.05, 0.1) is 12.7 Å². The minimum absolute atomic E-state index is 0.0493. The Labute approximate surface area is 96.0 Å². The molecule has 2 N–H and O–H groups in total. The molecule has 0 spiro atoms. The van der Waals surface area contributed by atoms with Crippen LogP contribution in [0.2, 0.25) is 0 Å². The van der Waals surface area contributed by atoms with Crippen LogP contribution in [0, 0.1) is 0 Å². The van der Waals surface area contributed by atoms with E-state index in [0.29, 0.717) is 18.9 Å². The van der Waals surface area contributed by atoms with Crippen LogP contribution in [0.3, 0.4) is 0 Å². The van der Waals surface area contributed by atoms with Crippen molar-refractivity contribution in [3.63, 3.8) is 0 Å². The zero-order chi connectivity index (χ0) is 12.0. The molecule has 0 aliphatic heterocycles. The first-order chi connectivity index (χ1) is 7.61. The van der Waals surface area contributed by atoms with Gasteiger partial charge >= 0.3 is 0 Å². The minimum Gasteiger partial charge on any atom is -0.475 e. The van der Waals surface area contributed by atoms with Crippen LogP contribution in [0.15, 0.2) is 12.4 Å². The molecule has 1 unspecified atom stereocenters. The van der Waals surface area contributed by atoms with Crippen molar-refractivity contribution in [2.24, 2.45) is 5.73 Å². The van der Waals surface area contributed by atoms with Gasteiger partial charge in [-0.05, 0) is 13.8 Å². The molecule has 0 aliphatic carbocycles. The van der Waals surface area contributed by atoms with Crippen molar-refractivity contribution in [2.75, 3.05) is 13.7 Å². The van der Waals surface area contributed by atoms with E-state index in [9.17, 15) is 0 Å². The third-order valence-corrected chi connectivity index (χ3v) is 1.91. The molecule has 5 nitrogen and oxygen atoms in total. The summed E-state index contributed by atoms with van der Waals surface area (Å²) in [6, 6.07) is 1.77. The molecule has 1 aromatic rings. The Hall–Kier alpha value is -1.20. The summed E-state index contributed by atoms with van der Waals surface area (Å²) in [6.07, 6.45) is 2.26. The molecule has 0 radical (unpaired) electrons. The molecule has 0 bridgehead atoms. The number of nitrogens with zero attached hydrogens (tertiary/aromatic N) is 2. The third-order valence-electron chi connectivity index (χ3n) is 1.91. The lowest BCUT2D eigenvalue weighted by Gasteiger charge is -2.11. The van der Waals surface area contributed by atoms with E-state index in [1.54, 1.807) is 7.11 Å². The van der Waals surface area contributed by atoms with Gasteiger partial charge in [0.2, 0.25) is 5.88 Å². The van der Waals surface area contributed by atoms with Crippen LogP contribution in [0.1, 0.15) is 19.5 Å². The van der Waals surface area contributed by atoms with E-state index < -0.39 is 0 Å². The molecular weight excluding hydrogens is 206 g/mol. The first-order valence-corrected chi connectivity index (χ1v) is 5.34. The predicted molar refractivity (Wildman–Crippen MR) is 61.4 cm³/mol. The van der Waals surface area contributed by atoms with Crippen LogP contribution in [0.25, 0.3) is 0 Å². The molecule has 5 heteroatoms. The molecule has 1 rings (SSSR count). The molecule has 16 heavy (non-hydrogen) atoms. The van der Waals surface area contributed by atoms with E-state index in [1.807, 2.05) is 19.9 Å². The SMILES string of the molecule is COCC(N)Cc1cc(OC(C)C)ncn1. The maximum Gasteiger partial charge on any atom is 0.216 e. The second-order valence-electron chi connectivity index (χ2n) is 3.93. The van der Waals surface area contributed by atoms with E-state index in [0.717, 1.165) is 5.69 Å². The first-order valence-electron chi connectivity index (χ1n) is 5.34. The average molecular weight is 225 g/mol. The van der Waals surface area contributed by atoms with Crippen molar-refractivity contribution in [1.29, 1.82) is 0 Å². The van der Waals surface area contributed by atoms with Crippen LogP contribution in [-0.4, -0.2) is 35.8 Å². The van der Waals surface area contributed by atoms with Gasteiger partial charge in [0.15, 0.2) is 0 Å². The molecule has 0 saturated heterocycles. The van der Waals surface area contributed by atoms with Gasteiger partial charge in [0, 0.05) is 31.3 Å². The van der Waals surface area contributed by atoms with E-state index >= 15 is 0 Å². The van der Waals surface area contributed by atoms with Crippen LogP contribution in [0.4, 0.5) is 0 Å². The number of methoxy groups -OCH3 is 1. The van der Waals surface area contributed by atoms with Gasteiger partial charge in [-0.3, -0.25) is 0 Å². The van der Waals surface area contributed by atoms with Crippen molar-refractivity contribution in [1.82, 2.24) is 9.97 Å². The summed E-state index contributed by atoms with van der Waals surface area (Å²) < 4.78 is 10.4. The molecule has 0 aromatic carbocycles. The molecule has 1 heterocycles.